The number of benzene rings is 3. The lowest BCUT2D eigenvalue weighted by Crippen LogP contribution is -2.42. The fraction of sp³-hybridized carbons (Fsp3) is 0.257. The molecule has 4 N–H and O–H groups in total. The Balaban J connectivity index is 1.83. The summed E-state index contributed by atoms with van der Waals surface area (Å²) in [7, 11) is 1.48. The van der Waals surface area contributed by atoms with Crippen molar-refractivity contribution in [3.05, 3.63) is 113 Å². The van der Waals surface area contributed by atoms with Crippen LogP contribution in [0.4, 0.5) is 13.2 Å². The molecule has 0 bridgehead atoms. The first-order valence-corrected chi connectivity index (χ1v) is 15.0. The van der Waals surface area contributed by atoms with Crippen molar-refractivity contribution < 1.29 is 32.3 Å². The maximum absolute atomic E-state index is 15.0. The van der Waals surface area contributed by atoms with Crippen LogP contribution in [0.3, 0.4) is 0 Å². The quantitative estimate of drug-likeness (QED) is 0.257. The number of hydrogen-bond acceptors (Lipinski definition) is 6. The van der Waals surface area contributed by atoms with Gasteiger partial charge in [0.2, 0.25) is 11.8 Å². The van der Waals surface area contributed by atoms with Gasteiger partial charge in [-0.15, -0.1) is 0 Å². The van der Waals surface area contributed by atoms with Crippen molar-refractivity contribution in [3.8, 4) is 22.4 Å². The molecule has 3 aromatic carbocycles. The highest BCUT2D eigenvalue weighted by Crippen LogP contribution is 2.46. The second kappa shape index (κ2) is 14.1. The highest BCUT2D eigenvalue weighted by Gasteiger charge is 2.45. The molecule has 0 saturated carbocycles. The topological polar surface area (TPSA) is 132 Å². The molecule has 2 heterocycles. The number of carbonyl (C=O) groups is 3. The number of pyridine rings is 1. The zero-order valence-corrected chi connectivity index (χ0v) is 25.7. The van der Waals surface area contributed by atoms with Gasteiger partial charge in [0.15, 0.2) is 0 Å². The van der Waals surface area contributed by atoms with Gasteiger partial charge < -0.3 is 21.1 Å². The SMILES string of the molecule is CN(CCN1CCOCC1)C(=O)c1c(C(N)=O)c(C(c2ccccc2)C(F)(F)F)cc(C(N)=O)c1-c1ccccc1-c1ccccn1. The number of primary amides is 2. The summed E-state index contributed by atoms with van der Waals surface area (Å²) >= 11 is 0. The van der Waals surface area contributed by atoms with E-state index >= 15 is 13.2 Å². The molecule has 0 spiro atoms. The molecule has 47 heavy (non-hydrogen) atoms. The van der Waals surface area contributed by atoms with Crippen LogP contribution >= 0.6 is 0 Å². The number of rotatable bonds is 10. The summed E-state index contributed by atoms with van der Waals surface area (Å²) in [6, 6.07) is 19.7. The smallest absolute Gasteiger partial charge is 0.379 e. The van der Waals surface area contributed by atoms with Gasteiger partial charge >= 0.3 is 6.18 Å². The molecule has 12 heteroatoms. The minimum absolute atomic E-state index is 0.103. The fourth-order valence-corrected chi connectivity index (χ4v) is 5.93. The Morgan fingerprint density at radius 3 is 2.13 bits per heavy atom. The van der Waals surface area contributed by atoms with Crippen LogP contribution in [0.1, 0.15) is 48.1 Å². The number of hydrogen-bond donors (Lipinski definition) is 2. The van der Waals surface area contributed by atoms with Crippen LogP contribution in [-0.4, -0.2) is 85.1 Å². The summed E-state index contributed by atoms with van der Waals surface area (Å²) in [5, 5.41) is 0. The number of morpholine rings is 1. The molecule has 0 radical (unpaired) electrons. The van der Waals surface area contributed by atoms with Crippen LogP contribution in [0.25, 0.3) is 22.4 Å². The first kappa shape index (κ1) is 33.3. The van der Waals surface area contributed by atoms with Crippen molar-refractivity contribution in [1.29, 1.82) is 0 Å². The zero-order valence-electron chi connectivity index (χ0n) is 25.7. The Kier molecular flexibility index (Phi) is 10.0. The number of carbonyl (C=O) groups excluding carboxylic acids is 3. The second-order valence-corrected chi connectivity index (χ2v) is 11.2. The van der Waals surface area contributed by atoms with Crippen molar-refractivity contribution in [3.63, 3.8) is 0 Å². The molecule has 1 aromatic heterocycles. The number of likely N-dealkylation sites (N-methyl/N-ethyl adjacent to an activating group) is 1. The number of ether oxygens (including phenoxy) is 1. The molecule has 1 unspecified atom stereocenters. The van der Waals surface area contributed by atoms with E-state index in [-0.39, 0.29) is 28.8 Å². The first-order chi connectivity index (χ1) is 22.5. The molecular formula is C35H34F3N5O4. The lowest BCUT2D eigenvalue weighted by Gasteiger charge is -2.30. The van der Waals surface area contributed by atoms with Gasteiger partial charge in [0.25, 0.3) is 5.91 Å². The normalized spacial score (nSPS) is 14.4. The van der Waals surface area contributed by atoms with E-state index in [0.717, 1.165) is 6.07 Å². The van der Waals surface area contributed by atoms with Crippen molar-refractivity contribution >= 4 is 17.7 Å². The van der Waals surface area contributed by atoms with Crippen molar-refractivity contribution in [2.24, 2.45) is 11.5 Å². The molecule has 4 aromatic rings. The maximum atomic E-state index is 15.0. The Bertz CT molecular complexity index is 1760. The van der Waals surface area contributed by atoms with E-state index in [9.17, 15) is 14.4 Å². The van der Waals surface area contributed by atoms with E-state index < -0.39 is 46.5 Å². The summed E-state index contributed by atoms with van der Waals surface area (Å²) in [5.74, 6) is -5.55. The van der Waals surface area contributed by atoms with Gasteiger partial charge in [0, 0.05) is 56.1 Å². The van der Waals surface area contributed by atoms with Gasteiger partial charge in [0.05, 0.1) is 30.0 Å². The summed E-state index contributed by atoms with van der Waals surface area (Å²) in [6.45, 7) is 2.94. The van der Waals surface area contributed by atoms with E-state index in [2.05, 4.69) is 9.88 Å². The molecule has 3 amide bonds. The average Bonchev–Trinajstić information content (AvgIpc) is 3.07. The van der Waals surface area contributed by atoms with E-state index in [1.807, 2.05) is 0 Å². The summed E-state index contributed by atoms with van der Waals surface area (Å²) < 4.78 is 50.4. The number of nitrogens with two attached hydrogens (primary N) is 2. The van der Waals surface area contributed by atoms with Gasteiger partial charge in [-0.1, -0.05) is 60.7 Å². The number of alkyl halides is 3. The Morgan fingerprint density at radius 1 is 0.894 bits per heavy atom. The Morgan fingerprint density at radius 2 is 1.53 bits per heavy atom. The molecule has 5 rings (SSSR count). The van der Waals surface area contributed by atoms with Gasteiger partial charge in [-0.25, -0.2) is 0 Å². The minimum Gasteiger partial charge on any atom is -0.379 e. The Hall–Kier alpha value is -5.07. The highest BCUT2D eigenvalue weighted by atomic mass is 19.4. The van der Waals surface area contributed by atoms with Crippen LogP contribution in [-0.2, 0) is 4.74 Å². The molecular weight excluding hydrogens is 611 g/mol. The molecule has 1 atom stereocenters. The van der Waals surface area contributed by atoms with Gasteiger partial charge in [-0.2, -0.15) is 13.2 Å². The molecule has 0 aliphatic carbocycles. The van der Waals surface area contributed by atoms with Crippen molar-refractivity contribution in [2.45, 2.75) is 12.1 Å². The molecule has 1 aliphatic rings. The number of halogens is 3. The average molecular weight is 646 g/mol. The predicted octanol–water partition coefficient (Wildman–Crippen LogP) is 4.71. The summed E-state index contributed by atoms with van der Waals surface area (Å²) in [4.78, 5) is 49.0. The second-order valence-electron chi connectivity index (χ2n) is 11.2. The lowest BCUT2D eigenvalue weighted by atomic mass is 9.79. The number of amides is 3. The molecule has 244 valence electrons. The third-order valence-electron chi connectivity index (χ3n) is 8.19. The maximum Gasteiger partial charge on any atom is 0.399 e. The monoisotopic (exact) mass is 645 g/mol. The predicted molar refractivity (Wildman–Crippen MR) is 171 cm³/mol. The van der Waals surface area contributed by atoms with E-state index in [1.165, 1.54) is 36.2 Å². The largest absolute Gasteiger partial charge is 0.399 e. The fourth-order valence-electron chi connectivity index (χ4n) is 5.93. The minimum atomic E-state index is -4.95. The molecule has 1 fully saturated rings. The molecule has 1 aliphatic heterocycles. The van der Waals surface area contributed by atoms with Gasteiger partial charge in [0.1, 0.15) is 5.92 Å². The number of nitrogens with zero attached hydrogens (tertiary/aromatic N) is 3. The van der Waals surface area contributed by atoms with Crippen LogP contribution in [0.15, 0.2) is 85.1 Å². The van der Waals surface area contributed by atoms with Crippen LogP contribution in [0.2, 0.25) is 0 Å². The molecule has 9 nitrogen and oxygen atoms in total. The van der Waals surface area contributed by atoms with Crippen LogP contribution in [0, 0.1) is 0 Å². The highest BCUT2D eigenvalue weighted by molar-refractivity contribution is 6.17. The van der Waals surface area contributed by atoms with E-state index in [0.29, 0.717) is 44.1 Å². The standard InChI is InChI=1S/C35H34F3N5O4/c1-42(15-16-43-17-19-47-20-18-43)34(46)30-28(24-12-6-5-11-23(24)27-13-7-8-14-41-27)26(32(39)44)21-25(29(30)33(40)45)31(35(36,37)38)22-9-3-2-4-10-22/h2-14,21,31H,15-20H2,1H3,(H2,39,44)(H2,40,45). The zero-order chi connectivity index (χ0) is 33.7. The van der Waals surface area contributed by atoms with Crippen LogP contribution in [0.5, 0.6) is 0 Å². The van der Waals surface area contributed by atoms with Crippen LogP contribution < -0.4 is 11.5 Å². The lowest BCUT2D eigenvalue weighted by molar-refractivity contribution is -0.141. The van der Waals surface area contributed by atoms with Gasteiger partial charge in [-0.3, -0.25) is 24.3 Å². The van der Waals surface area contributed by atoms with Gasteiger partial charge in [-0.05, 0) is 34.9 Å². The van der Waals surface area contributed by atoms with Crippen molar-refractivity contribution in [1.82, 2.24) is 14.8 Å². The third kappa shape index (κ3) is 7.18. The first-order valence-electron chi connectivity index (χ1n) is 15.0. The summed E-state index contributed by atoms with van der Waals surface area (Å²) in [5.41, 5.74) is 10.6. The van der Waals surface area contributed by atoms with E-state index in [1.54, 1.807) is 54.7 Å². The molecule has 1 saturated heterocycles. The van der Waals surface area contributed by atoms with E-state index in [4.69, 9.17) is 16.2 Å². The Labute approximate surface area is 269 Å². The number of aromatic nitrogens is 1. The summed E-state index contributed by atoms with van der Waals surface area (Å²) in [6.07, 6.45) is -3.39. The third-order valence-corrected chi connectivity index (χ3v) is 8.19. The van der Waals surface area contributed by atoms with Crippen molar-refractivity contribution in [2.75, 3.05) is 46.4 Å².